The van der Waals surface area contributed by atoms with Crippen LogP contribution in [-0.2, 0) is 4.79 Å². The number of aliphatic hydroxyl groups excluding tert-OH is 3. The lowest BCUT2D eigenvalue weighted by Crippen LogP contribution is -2.45. The largest absolute Gasteiger partial charge is 0.394 e. The summed E-state index contributed by atoms with van der Waals surface area (Å²) in [7, 11) is 0. The van der Waals surface area contributed by atoms with Crippen molar-refractivity contribution in [2.24, 2.45) is 0 Å². The van der Waals surface area contributed by atoms with Crippen molar-refractivity contribution in [3.63, 3.8) is 0 Å². The highest BCUT2D eigenvalue weighted by atomic mass is 16.3. The molecule has 0 aliphatic rings. The van der Waals surface area contributed by atoms with Gasteiger partial charge in [0.1, 0.15) is 0 Å². The lowest BCUT2D eigenvalue weighted by Gasteiger charge is -2.21. The number of hydrogen-bond acceptors (Lipinski definition) is 4. The molecule has 0 spiro atoms. The molecule has 65 heavy (non-hydrogen) atoms. The van der Waals surface area contributed by atoms with E-state index in [1.165, 1.54) is 218 Å². The van der Waals surface area contributed by atoms with Crippen molar-refractivity contribution in [1.29, 1.82) is 0 Å². The molecule has 0 aliphatic carbocycles. The van der Waals surface area contributed by atoms with Crippen molar-refractivity contribution in [2.75, 3.05) is 6.61 Å². The molecular weight excluding hydrogens is 799 g/mol. The van der Waals surface area contributed by atoms with Gasteiger partial charge in [-0.1, -0.05) is 267 Å². The molecule has 0 heterocycles. The van der Waals surface area contributed by atoms with Crippen LogP contribution in [0, 0.1) is 0 Å². The molecular formula is C60H111NO4. The average molecular weight is 911 g/mol. The molecule has 0 rings (SSSR count). The molecule has 380 valence electrons. The number of carbonyl (C=O) groups is 1. The first-order chi connectivity index (χ1) is 32.0. The Morgan fingerprint density at radius 1 is 0.400 bits per heavy atom. The van der Waals surface area contributed by atoms with E-state index < -0.39 is 18.2 Å². The minimum atomic E-state index is -0.963. The Balaban J connectivity index is 3.62. The quantitative estimate of drug-likeness (QED) is 0.0362. The molecule has 0 bridgehead atoms. The fourth-order valence-electron chi connectivity index (χ4n) is 8.64. The predicted octanol–water partition coefficient (Wildman–Crippen LogP) is 17.8. The topological polar surface area (TPSA) is 89.8 Å². The van der Waals surface area contributed by atoms with Crippen molar-refractivity contribution in [1.82, 2.24) is 5.32 Å². The zero-order valence-corrected chi connectivity index (χ0v) is 43.4. The van der Waals surface area contributed by atoms with E-state index in [1.807, 2.05) is 6.08 Å². The molecule has 5 heteroatoms. The van der Waals surface area contributed by atoms with E-state index in [1.54, 1.807) is 6.08 Å². The van der Waals surface area contributed by atoms with Crippen molar-refractivity contribution in [2.45, 2.75) is 308 Å². The van der Waals surface area contributed by atoms with Crippen LogP contribution in [0.4, 0.5) is 0 Å². The summed E-state index contributed by atoms with van der Waals surface area (Å²) >= 11 is 0. The third-order valence-corrected chi connectivity index (χ3v) is 13.0. The van der Waals surface area contributed by atoms with E-state index in [2.05, 4.69) is 67.8 Å². The molecule has 1 amide bonds. The van der Waals surface area contributed by atoms with Gasteiger partial charge in [0.25, 0.3) is 0 Å². The number of nitrogens with one attached hydrogen (secondary N) is 1. The Morgan fingerprint density at radius 3 is 1.08 bits per heavy atom. The maximum Gasteiger partial charge on any atom is 0.222 e. The van der Waals surface area contributed by atoms with Crippen LogP contribution in [0.15, 0.2) is 60.8 Å². The zero-order chi connectivity index (χ0) is 47.2. The third kappa shape index (κ3) is 51.3. The highest BCUT2D eigenvalue weighted by Crippen LogP contribution is 2.16. The van der Waals surface area contributed by atoms with E-state index in [0.29, 0.717) is 6.42 Å². The SMILES string of the molecule is CCCCCCCCCCC/C=C\C/C=C\CCCCCCCCCCCCCCCC(O)CC(=O)NC(CO)C(O)/C=C/CC/C=C/CC/C=C/CCCCCCCCCCCCC. The van der Waals surface area contributed by atoms with Crippen LogP contribution in [0.2, 0.25) is 0 Å². The second-order valence-electron chi connectivity index (χ2n) is 19.5. The number of aliphatic hydroxyl groups is 3. The maximum absolute atomic E-state index is 12.5. The summed E-state index contributed by atoms with van der Waals surface area (Å²) < 4.78 is 0. The number of amides is 1. The summed E-state index contributed by atoms with van der Waals surface area (Å²) in [6.07, 6.45) is 74.1. The summed E-state index contributed by atoms with van der Waals surface area (Å²) in [4.78, 5) is 12.5. The number of carbonyl (C=O) groups excluding carboxylic acids is 1. The first kappa shape index (κ1) is 63.0. The van der Waals surface area contributed by atoms with E-state index in [-0.39, 0.29) is 18.9 Å². The van der Waals surface area contributed by atoms with Crippen LogP contribution >= 0.6 is 0 Å². The average Bonchev–Trinajstić information content (AvgIpc) is 3.30. The Morgan fingerprint density at radius 2 is 0.708 bits per heavy atom. The molecule has 0 aromatic rings. The first-order valence-corrected chi connectivity index (χ1v) is 28.6. The molecule has 4 N–H and O–H groups in total. The van der Waals surface area contributed by atoms with Crippen molar-refractivity contribution in [3.8, 4) is 0 Å². The molecule has 0 fully saturated rings. The Labute approximate surface area is 405 Å². The second kappa shape index (κ2) is 54.7. The van der Waals surface area contributed by atoms with Crippen LogP contribution in [0.3, 0.4) is 0 Å². The summed E-state index contributed by atoms with van der Waals surface area (Å²) in [6.45, 7) is 4.22. The fourth-order valence-corrected chi connectivity index (χ4v) is 8.64. The van der Waals surface area contributed by atoms with Gasteiger partial charge in [-0.05, 0) is 77.0 Å². The van der Waals surface area contributed by atoms with Gasteiger partial charge in [0.05, 0.1) is 31.3 Å². The summed E-state index contributed by atoms with van der Waals surface area (Å²) in [5.41, 5.74) is 0. The summed E-state index contributed by atoms with van der Waals surface area (Å²) in [5.74, 6) is -0.329. The molecule has 3 atom stereocenters. The minimum absolute atomic E-state index is 0.000671. The van der Waals surface area contributed by atoms with Gasteiger partial charge in [0, 0.05) is 0 Å². The van der Waals surface area contributed by atoms with Crippen molar-refractivity contribution >= 4 is 5.91 Å². The van der Waals surface area contributed by atoms with Crippen LogP contribution in [0.25, 0.3) is 0 Å². The van der Waals surface area contributed by atoms with E-state index in [4.69, 9.17) is 0 Å². The summed E-state index contributed by atoms with van der Waals surface area (Å²) in [5, 5.41) is 33.4. The van der Waals surface area contributed by atoms with Gasteiger partial charge in [-0.15, -0.1) is 0 Å². The smallest absolute Gasteiger partial charge is 0.222 e. The normalized spacial score (nSPS) is 13.7. The Kier molecular flexibility index (Phi) is 53.0. The number of hydrogen-bond donors (Lipinski definition) is 4. The van der Waals surface area contributed by atoms with Crippen LogP contribution in [-0.4, -0.2) is 46.1 Å². The lowest BCUT2D eigenvalue weighted by atomic mass is 10.0. The minimum Gasteiger partial charge on any atom is -0.394 e. The van der Waals surface area contributed by atoms with Gasteiger partial charge in [-0.2, -0.15) is 0 Å². The predicted molar refractivity (Wildman–Crippen MR) is 287 cm³/mol. The van der Waals surface area contributed by atoms with Gasteiger partial charge in [-0.25, -0.2) is 0 Å². The number of unbranched alkanes of at least 4 members (excludes halogenated alkanes) is 35. The van der Waals surface area contributed by atoms with E-state index >= 15 is 0 Å². The van der Waals surface area contributed by atoms with Crippen LogP contribution in [0.5, 0.6) is 0 Å². The lowest BCUT2D eigenvalue weighted by molar-refractivity contribution is -0.124. The van der Waals surface area contributed by atoms with E-state index in [0.717, 1.165) is 44.9 Å². The van der Waals surface area contributed by atoms with Crippen LogP contribution in [0.1, 0.15) is 290 Å². The standard InChI is InChI=1S/C60H111NO4/c1-3-5-7-9-11-13-15-17-19-21-23-25-26-27-28-29-30-31-32-34-35-37-39-41-43-45-47-49-51-53-57(63)55-60(65)61-58(56-62)59(64)54-52-50-48-46-44-42-40-38-36-33-24-22-20-18-16-14-12-10-8-6-4-2/h23,25,27-28,36,38,44,46,52,54,57-59,62-64H,3-22,24,26,29-35,37,39-43,45,47-51,53,55-56H2,1-2H3,(H,61,65)/b25-23-,28-27-,38-36+,46-44+,54-52+. The third-order valence-electron chi connectivity index (χ3n) is 13.0. The van der Waals surface area contributed by atoms with Gasteiger partial charge in [0.2, 0.25) is 5.91 Å². The molecule has 0 aliphatic heterocycles. The Hall–Kier alpha value is -1.95. The zero-order valence-electron chi connectivity index (χ0n) is 43.4. The van der Waals surface area contributed by atoms with Gasteiger partial charge < -0.3 is 20.6 Å². The highest BCUT2D eigenvalue weighted by Gasteiger charge is 2.20. The Bertz CT molecular complexity index is 1090. The molecule has 0 saturated heterocycles. The fraction of sp³-hybridized carbons (Fsp3) is 0.817. The molecule has 3 unspecified atom stereocenters. The van der Waals surface area contributed by atoms with E-state index in [9.17, 15) is 20.1 Å². The maximum atomic E-state index is 12.5. The summed E-state index contributed by atoms with van der Waals surface area (Å²) in [6, 6.07) is -0.771. The van der Waals surface area contributed by atoms with Gasteiger partial charge >= 0.3 is 0 Å². The first-order valence-electron chi connectivity index (χ1n) is 28.6. The molecule has 0 radical (unpaired) electrons. The molecule has 0 aromatic heterocycles. The second-order valence-corrected chi connectivity index (χ2v) is 19.5. The van der Waals surface area contributed by atoms with Crippen molar-refractivity contribution < 1.29 is 20.1 Å². The highest BCUT2D eigenvalue weighted by molar-refractivity contribution is 5.76. The van der Waals surface area contributed by atoms with Crippen molar-refractivity contribution in [3.05, 3.63) is 60.8 Å². The number of rotatable bonds is 52. The molecule has 0 aromatic carbocycles. The van der Waals surface area contributed by atoms with Crippen LogP contribution < -0.4 is 5.32 Å². The van der Waals surface area contributed by atoms with Gasteiger partial charge in [0.15, 0.2) is 0 Å². The number of allylic oxidation sites excluding steroid dienone is 9. The molecule has 5 nitrogen and oxygen atoms in total. The molecule has 0 saturated carbocycles. The van der Waals surface area contributed by atoms with Gasteiger partial charge in [-0.3, -0.25) is 4.79 Å². The monoisotopic (exact) mass is 910 g/mol.